The van der Waals surface area contributed by atoms with Gasteiger partial charge in [0, 0.05) is 32.4 Å². The van der Waals surface area contributed by atoms with Gasteiger partial charge in [0.15, 0.2) is 0 Å². The first-order valence-corrected chi connectivity index (χ1v) is 6.66. The second-order valence-electron chi connectivity index (χ2n) is 4.52. The Hall–Kier alpha value is -1.13. The molecule has 1 aromatic rings. The number of ether oxygens (including phenoxy) is 1. The average Bonchev–Trinajstić information content (AvgIpc) is 2.39. The Morgan fingerprint density at radius 2 is 2.17 bits per heavy atom. The molecule has 4 nitrogen and oxygen atoms in total. The summed E-state index contributed by atoms with van der Waals surface area (Å²) in [5, 5.41) is 0. The van der Waals surface area contributed by atoms with Crippen molar-refractivity contribution in [1.82, 2.24) is 4.98 Å². The normalized spacial score (nSPS) is 12.4. The van der Waals surface area contributed by atoms with E-state index in [1.165, 1.54) is 5.56 Å². The van der Waals surface area contributed by atoms with Gasteiger partial charge in [-0.05, 0) is 31.4 Å². The summed E-state index contributed by atoms with van der Waals surface area (Å²) in [5.74, 6) is 0.975. The molecule has 1 aromatic heterocycles. The highest BCUT2D eigenvalue weighted by Crippen LogP contribution is 2.11. The molecule has 0 aromatic carbocycles. The first-order valence-electron chi connectivity index (χ1n) is 6.66. The van der Waals surface area contributed by atoms with E-state index in [4.69, 9.17) is 10.5 Å². The van der Waals surface area contributed by atoms with Crippen LogP contribution >= 0.6 is 0 Å². The van der Waals surface area contributed by atoms with Crippen LogP contribution < -0.4 is 10.6 Å². The number of hydrogen-bond acceptors (Lipinski definition) is 4. The van der Waals surface area contributed by atoms with Gasteiger partial charge in [0.25, 0.3) is 0 Å². The summed E-state index contributed by atoms with van der Waals surface area (Å²) in [6.45, 7) is 6.46. The molecular formula is C14H25N3O. The van der Waals surface area contributed by atoms with Crippen molar-refractivity contribution in [2.45, 2.75) is 32.7 Å². The quantitative estimate of drug-likeness (QED) is 0.716. The Morgan fingerprint density at radius 3 is 2.72 bits per heavy atom. The van der Waals surface area contributed by atoms with Crippen LogP contribution in [0.1, 0.15) is 25.8 Å². The van der Waals surface area contributed by atoms with E-state index >= 15 is 0 Å². The fourth-order valence-electron chi connectivity index (χ4n) is 1.67. The summed E-state index contributed by atoms with van der Waals surface area (Å²) >= 11 is 0. The maximum atomic E-state index is 5.93. The van der Waals surface area contributed by atoms with Crippen molar-refractivity contribution in [2.24, 2.45) is 5.73 Å². The topological polar surface area (TPSA) is 51.4 Å². The molecule has 102 valence electrons. The van der Waals surface area contributed by atoms with Crippen molar-refractivity contribution < 1.29 is 4.74 Å². The summed E-state index contributed by atoms with van der Waals surface area (Å²) in [6, 6.07) is 4.38. The molecule has 4 heteroatoms. The Labute approximate surface area is 110 Å². The number of rotatable bonds is 8. The van der Waals surface area contributed by atoms with E-state index in [1.54, 1.807) is 0 Å². The van der Waals surface area contributed by atoms with Gasteiger partial charge in [-0.25, -0.2) is 4.98 Å². The zero-order valence-corrected chi connectivity index (χ0v) is 11.7. The van der Waals surface area contributed by atoms with Crippen LogP contribution in [0.4, 0.5) is 5.82 Å². The van der Waals surface area contributed by atoms with Crippen molar-refractivity contribution in [3.8, 4) is 0 Å². The third kappa shape index (κ3) is 5.02. The summed E-state index contributed by atoms with van der Waals surface area (Å²) in [4.78, 5) is 6.56. The summed E-state index contributed by atoms with van der Waals surface area (Å²) in [7, 11) is 2.03. The maximum Gasteiger partial charge on any atom is 0.128 e. The monoisotopic (exact) mass is 251 g/mol. The first kappa shape index (κ1) is 14.9. The summed E-state index contributed by atoms with van der Waals surface area (Å²) in [5.41, 5.74) is 7.13. The lowest BCUT2D eigenvalue weighted by atomic mass is 10.1. The number of hydrogen-bond donors (Lipinski definition) is 1. The second kappa shape index (κ2) is 8.06. The van der Waals surface area contributed by atoms with Crippen LogP contribution in [0.5, 0.6) is 0 Å². The van der Waals surface area contributed by atoms with Crippen molar-refractivity contribution >= 4 is 5.82 Å². The lowest BCUT2D eigenvalue weighted by Gasteiger charge is -2.18. The van der Waals surface area contributed by atoms with E-state index in [0.717, 1.165) is 38.4 Å². The molecule has 0 amide bonds. The first-order chi connectivity index (χ1) is 8.67. The van der Waals surface area contributed by atoms with Gasteiger partial charge in [0.2, 0.25) is 0 Å². The van der Waals surface area contributed by atoms with Crippen LogP contribution in [0.15, 0.2) is 18.3 Å². The van der Waals surface area contributed by atoms with E-state index in [1.807, 2.05) is 26.2 Å². The van der Waals surface area contributed by atoms with E-state index < -0.39 is 0 Å². The summed E-state index contributed by atoms with van der Waals surface area (Å²) < 4.78 is 5.33. The number of pyridine rings is 1. The number of aromatic nitrogens is 1. The third-order valence-corrected chi connectivity index (χ3v) is 3.00. The van der Waals surface area contributed by atoms with Crippen molar-refractivity contribution in [2.75, 3.05) is 31.7 Å². The molecule has 1 unspecified atom stereocenters. The highest BCUT2D eigenvalue weighted by Gasteiger charge is 2.04. The van der Waals surface area contributed by atoms with E-state index in [9.17, 15) is 0 Å². The van der Waals surface area contributed by atoms with Crippen LogP contribution in [0.25, 0.3) is 0 Å². The van der Waals surface area contributed by atoms with E-state index in [0.29, 0.717) is 0 Å². The Balaban J connectivity index is 2.48. The molecule has 2 N–H and O–H groups in total. The van der Waals surface area contributed by atoms with E-state index in [-0.39, 0.29) is 6.04 Å². The molecule has 18 heavy (non-hydrogen) atoms. The maximum absolute atomic E-state index is 5.93. The predicted molar refractivity (Wildman–Crippen MR) is 76.0 cm³/mol. The highest BCUT2D eigenvalue weighted by atomic mass is 16.5. The number of likely N-dealkylation sites (N-methyl/N-ethyl adjacent to an activating group) is 1. The fraction of sp³-hybridized carbons (Fsp3) is 0.643. The minimum atomic E-state index is 0.230. The number of nitrogens with zero attached hydrogens (tertiary/aromatic N) is 2. The molecule has 0 aliphatic carbocycles. The van der Waals surface area contributed by atoms with Crippen LogP contribution in [0.2, 0.25) is 0 Å². The molecule has 0 bridgehead atoms. The van der Waals surface area contributed by atoms with Gasteiger partial charge in [-0.15, -0.1) is 0 Å². The molecule has 0 saturated carbocycles. The van der Waals surface area contributed by atoms with Crippen molar-refractivity contribution in [1.29, 1.82) is 0 Å². The summed E-state index contributed by atoms with van der Waals surface area (Å²) in [6.07, 6.45) is 3.81. The minimum Gasteiger partial charge on any atom is -0.380 e. The van der Waals surface area contributed by atoms with Crippen LogP contribution in [0.3, 0.4) is 0 Å². The lowest BCUT2D eigenvalue weighted by Crippen LogP contribution is -2.24. The van der Waals surface area contributed by atoms with Gasteiger partial charge >= 0.3 is 0 Å². The standard InChI is InChI=1S/C14H25N3O/c1-4-13(15)10-12-6-7-14(16-11-12)17(3)8-9-18-5-2/h6-7,11,13H,4-5,8-10,15H2,1-3H3. The molecule has 0 radical (unpaired) electrons. The highest BCUT2D eigenvalue weighted by molar-refractivity contribution is 5.38. The third-order valence-electron chi connectivity index (χ3n) is 3.00. The lowest BCUT2D eigenvalue weighted by molar-refractivity contribution is 0.154. The number of nitrogens with two attached hydrogens (primary N) is 1. The SMILES string of the molecule is CCOCCN(C)c1ccc(CC(N)CC)cn1. The van der Waals surface area contributed by atoms with Gasteiger partial charge in [-0.1, -0.05) is 13.0 Å². The van der Waals surface area contributed by atoms with Crippen LogP contribution in [0, 0.1) is 0 Å². The van der Waals surface area contributed by atoms with Gasteiger partial charge < -0.3 is 15.4 Å². The fourth-order valence-corrected chi connectivity index (χ4v) is 1.67. The van der Waals surface area contributed by atoms with Crippen molar-refractivity contribution in [3.05, 3.63) is 23.9 Å². The second-order valence-corrected chi connectivity index (χ2v) is 4.52. The zero-order valence-electron chi connectivity index (χ0n) is 11.7. The predicted octanol–water partition coefficient (Wildman–Crippen LogP) is 1.83. The van der Waals surface area contributed by atoms with Gasteiger partial charge in [-0.2, -0.15) is 0 Å². The Kier molecular flexibility index (Phi) is 6.68. The molecule has 0 aliphatic heterocycles. The zero-order chi connectivity index (χ0) is 13.4. The smallest absolute Gasteiger partial charge is 0.128 e. The Morgan fingerprint density at radius 1 is 1.39 bits per heavy atom. The molecule has 0 spiro atoms. The van der Waals surface area contributed by atoms with Gasteiger partial charge in [0.1, 0.15) is 5.82 Å². The van der Waals surface area contributed by atoms with Crippen molar-refractivity contribution in [3.63, 3.8) is 0 Å². The largest absolute Gasteiger partial charge is 0.380 e. The van der Waals surface area contributed by atoms with Crippen LogP contribution in [-0.2, 0) is 11.2 Å². The van der Waals surface area contributed by atoms with Crippen LogP contribution in [-0.4, -0.2) is 37.8 Å². The molecule has 1 rings (SSSR count). The molecular weight excluding hydrogens is 226 g/mol. The van der Waals surface area contributed by atoms with Gasteiger partial charge in [0.05, 0.1) is 6.61 Å². The Bertz CT molecular complexity index is 326. The van der Waals surface area contributed by atoms with Gasteiger partial charge in [-0.3, -0.25) is 0 Å². The minimum absolute atomic E-state index is 0.230. The molecule has 0 saturated heterocycles. The molecule has 1 atom stereocenters. The average molecular weight is 251 g/mol. The molecule has 0 fully saturated rings. The van der Waals surface area contributed by atoms with E-state index in [2.05, 4.69) is 22.9 Å². The molecule has 1 heterocycles. The molecule has 0 aliphatic rings. The number of anilines is 1.